The number of hydrogen-bond acceptors (Lipinski definition) is 3. The molecule has 0 fully saturated rings. The molecule has 8 heteroatoms. The first-order chi connectivity index (χ1) is 16.3. The topological polar surface area (TPSA) is 43.4 Å². The van der Waals surface area contributed by atoms with Crippen LogP contribution in [0.25, 0.3) is 22.3 Å². The molecule has 4 aromatic rings. The normalized spacial score (nSPS) is 17.4. The highest BCUT2D eigenvalue weighted by Crippen LogP contribution is 2.66. The third-order valence-electron chi connectivity index (χ3n) is 6.41. The highest BCUT2D eigenvalue weighted by atomic mass is 31.2. The lowest BCUT2D eigenvalue weighted by Gasteiger charge is -2.31. The fourth-order valence-electron chi connectivity index (χ4n) is 5.00. The minimum Gasteiger partial charge on any atom is -0.310 e. The molecule has 0 radical (unpaired) electrons. The Balaban J connectivity index is 1.60. The molecule has 0 amide bonds. The lowest BCUT2D eigenvalue weighted by molar-refractivity contribution is -0.168. The minimum absolute atomic E-state index is 0.0749. The van der Waals surface area contributed by atoms with Crippen LogP contribution in [0.5, 0.6) is 0 Å². The van der Waals surface area contributed by atoms with Crippen molar-refractivity contribution in [3.8, 4) is 22.3 Å². The molecule has 0 saturated carbocycles. The molecular weight excluding hydrogens is 479 g/mol. The first-order valence-corrected chi connectivity index (χ1v) is 14.0. The van der Waals surface area contributed by atoms with E-state index >= 15 is 0 Å². The van der Waals surface area contributed by atoms with E-state index in [9.17, 15) is 22.3 Å². The van der Waals surface area contributed by atoms with Crippen LogP contribution in [0.4, 0.5) is 13.2 Å². The smallest absolute Gasteiger partial charge is 0.310 e. The summed E-state index contributed by atoms with van der Waals surface area (Å²) in [7, 11) is -8.63. The standard InChI is InChI=1S/C26H17F3O3P2/c27-26(28,29)25(33(30)21-13-5-1-9-17(21)18-10-2-6-14-22(18)33)32-34(31)23-15-7-3-11-19(23)20-12-4-8-16-24(20)34/h1-16,25H. The highest BCUT2D eigenvalue weighted by molar-refractivity contribution is 7.81. The molecule has 0 N–H and O–H groups in total. The summed E-state index contributed by atoms with van der Waals surface area (Å²) in [5.74, 6) is -2.77. The van der Waals surface area contributed by atoms with Crippen molar-refractivity contribution in [1.82, 2.24) is 0 Å². The second-order valence-electron chi connectivity index (χ2n) is 8.28. The van der Waals surface area contributed by atoms with Crippen molar-refractivity contribution >= 4 is 35.7 Å². The Morgan fingerprint density at radius 2 is 0.882 bits per heavy atom. The molecule has 4 aromatic carbocycles. The van der Waals surface area contributed by atoms with Crippen LogP contribution in [0.3, 0.4) is 0 Å². The van der Waals surface area contributed by atoms with Crippen molar-refractivity contribution in [2.24, 2.45) is 0 Å². The molecule has 170 valence electrons. The predicted octanol–water partition coefficient (Wildman–Crippen LogP) is 5.80. The van der Waals surface area contributed by atoms with Crippen molar-refractivity contribution in [2.45, 2.75) is 12.0 Å². The van der Waals surface area contributed by atoms with Crippen LogP contribution in [-0.2, 0) is 13.7 Å². The van der Waals surface area contributed by atoms with Gasteiger partial charge < -0.3 is 9.09 Å². The number of hydrogen-bond donors (Lipinski definition) is 0. The van der Waals surface area contributed by atoms with Gasteiger partial charge in [-0.2, -0.15) is 13.2 Å². The summed E-state index contributed by atoms with van der Waals surface area (Å²) in [5, 5.41) is 0.535. The summed E-state index contributed by atoms with van der Waals surface area (Å²) in [5.41, 5.74) is 2.08. The second-order valence-corrected chi connectivity index (χ2v) is 13.3. The quantitative estimate of drug-likeness (QED) is 0.337. The molecule has 6 rings (SSSR count). The van der Waals surface area contributed by atoms with Gasteiger partial charge in [-0.25, -0.2) is 0 Å². The molecule has 0 saturated heterocycles. The fourth-order valence-corrected chi connectivity index (χ4v) is 11.3. The van der Waals surface area contributed by atoms with Gasteiger partial charge >= 0.3 is 6.18 Å². The molecule has 1 atom stereocenters. The summed E-state index contributed by atoms with van der Waals surface area (Å²) in [6.07, 6.45) is -5.04. The van der Waals surface area contributed by atoms with Gasteiger partial charge in [0.2, 0.25) is 5.85 Å². The summed E-state index contributed by atoms with van der Waals surface area (Å²) >= 11 is 0. The molecule has 0 bridgehead atoms. The van der Waals surface area contributed by atoms with Crippen LogP contribution in [0.2, 0.25) is 0 Å². The van der Waals surface area contributed by atoms with Crippen molar-refractivity contribution in [2.75, 3.05) is 0 Å². The van der Waals surface area contributed by atoms with Gasteiger partial charge in [0, 0.05) is 21.2 Å². The maximum atomic E-state index is 14.8. The molecule has 1 unspecified atom stereocenters. The van der Waals surface area contributed by atoms with Crippen molar-refractivity contribution < 1.29 is 26.8 Å². The maximum Gasteiger partial charge on any atom is 0.422 e. The van der Waals surface area contributed by atoms with Crippen LogP contribution in [0.15, 0.2) is 97.1 Å². The molecule has 2 aliphatic heterocycles. The van der Waals surface area contributed by atoms with Gasteiger partial charge in [-0.3, -0.25) is 4.57 Å². The fraction of sp³-hybridized carbons (Fsp3) is 0.0769. The molecule has 0 aromatic heterocycles. The highest BCUT2D eigenvalue weighted by Gasteiger charge is 2.60. The predicted molar refractivity (Wildman–Crippen MR) is 128 cm³/mol. The van der Waals surface area contributed by atoms with Gasteiger partial charge in [0.05, 0.1) is 0 Å². The van der Waals surface area contributed by atoms with Gasteiger partial charge in [0.15, 0.2) is 7.14 Å². The van der Waals surface area contributed by atoms with E-state index in [4.69, 9.17) is 4.52 Å². The lowest BCUT2D eigenvalue weighted by Crippen LogP contribution is -2.38. The Morgan fingerprint density at radius 1 is 0.559 bits per heavy atom. The zero-order chi connectivity index (χ0) is 23.7. The number of halogens is 3. The van der Waals surface area contributed by atoms with Crippen LogP contribution >= 0.6 is 14.5 Å². The number of alkyl halides is 3. The van der Waals surface area contributed by atoms with Crippen LogP contribution < -0.4 is 21.2 Å². The van der Waals surface area contributed by atoms with Gasteiger partial charge in [-0.05, 0) is 34.4 Å². The largest absolute Gasteiger partial charge is 0.422 e. The van der Waals surface area contributed by atoms with Crippen LogP contribution in [0.1, 0.15) is 0 Å². The Morgan fingerprint density at radius 3 is 1.26 bits per heavy atom. The molecule has 2 aliphatic rings. The minimum atomic E-state index is -5.04. The van der Waals surface area contributed by atoms with Crippen molar-refractivity contribution in [3.63, 3.8) is 0 Å². The van der Waals surface area contributed by atoms with E-state index in [0.717, 1.165) is 0 Å². The van der Waals surface area contributed by atoms with E-state index in [1.54, 1.807) is 72.8 Å². The molecule has 34 heavy (non-hydrogen) atoms. The SMILES string of the molecule is O=P1(OC(C(F)(F)F)P2(=O)c3ccccc3-c3ccccc32)c2ccccc2-c2ccccc21. The van der Waals surface area contributed by atoms with E-state index < -0.39 is 26.5 Å². The monoisotopic (exact) mass is 496 g/mol. The van der Waals surface area contributed by atoms with Crippen LogP contribution in [0, 0.1) is 0 Å². The summed E-state index contributed by atoms with van der Waals surface area (Å²) in [4.78, 5) is 0. The maximum absolute atomic E-state index is 14.8. The Hall–Kier alpha value is -2.91. The Labute approximate surface area is 194 Å². The van der Waals surface area contributed by atoms with E-state index in [1.807, 2.05) is 0 Å². The third kappa shape index (κ3) is 2.83. The van der Waals surface area contributed by atoms with Crippen LogP contribution in [-0.4, -0.2) is 12.0 Å². The van der Waals surface area contributed by atoms with Gasteiger partial charge in [-0.15, -0.1) is 0 Å². The number of benzene rings is 4. The molecule has 0 spiro atoms. The van der Waals surface area contributed by atoms with Gasteiger partial charge in [0.1, 0.15) is 0 Å². The van der Waals surface area contributed by atoms with E-state index in [1.165, 1.54) is 24.3 Å². The number of fused-ring (bicyclic) bond motifs is 6. The van der Waals surface area contributed by atoms with Crippen molar-refractivity contribution in [3.05, 3.63) is 97.1 Å². The average molecular weight is 496 g/mol. The lowest BCUT2D eigenvalue weighted by atomic mass is 10.1. The summed E-state index contributed by atoms with van der Waals surface area (Å²) in [6, 6.07) is 25.9. The second kappa shape index (κ2) is 7.29. The van der Waals surface area contributed by atoms with Gasteiger partial charge in [0.25, 0.3) is 7.37 Å². The molecule has 0 aliphatic carbocycles. The molecule has 3 nitrogen and oxygen atoms in total. The van der Waals surface area contributed by atoms with Gasteiger partial charge in [-0.1, -0.05) is 84.9 Å². The first kappa shape index (κ1) is 21.6. The Kier molecular flexibility index (Phi) is 4.64. The molecule has 2 heterocycles. The Bertz CT molecular complexity index is 1460. The van der Waals surface area contributed by atoms with Crippen molar-refractivity contribution in [1.29, 1.82) is 0 Å². The summed E-state index contributed by atoms with van der Waals surface area (Å²) in [6.45, 7) is 0. The van der Waals surface area contributed by atoms with E-state index in [2.05, 4.69) is 0 Å². The zero-order valence-corrected chi connectivity index (χ0v) is 19.4. The average Bonchev–Trinajstić information content (AvgIpc) is 3.26. The summed E-state index contributed by atoms with van der Waals surface area (Å²) < 4.78 is 79.0. The first-order valence-electron chi connectivity index (χ1n) is 10.6. The van der Waals surface area contributed by atoms with E-state index in [0.29, 0.717) is 22.3 Å². The molecular formula is C26H17F3O3P2. The van der Waals surface area contributed by atoms with E-state index in [-0.39, 0.29) is 21.2 Å². The zero-order valence-electron chi connectivity index (χ0n) is 17.6. The third-order valence-corrected chi connectivity index (χ3v) is 12.4. The number of rotatable bonds is 3.